The molecule has 2 rings (SSSR count). The molecule has 0 unspecified atom stereocenters. The molecule has 3 N–H and O–H groups in total. The van der Waals surface area contributed by atoms with Gasteiger partial charge in [0.25, 0.3) is 0 Å². The number of ether oxygens (including phenoxy) is 1. The maximum atomic E-state index is 8.56. The molecule has 20 heavy (non-hydrogen) atoms. The Morgan fingerprint density at radius 2 is 2.15 bits per heavy atom. The van der Waals surface area contributed by atoms with Crippen molar-refractivity contribution in [1.82, 2.24) is 10.2 Å². The monoisotopic (exact) mass is 310 g/mol. The highest BCUT2D eigenvalue weighted by molar-refractivity contribution is 8.01. The van der Waals surface area contributed by atoms with E-state index in [9.17, 15) is 0 Å². The minimum absolute atomic E-state index is 0.0822. The topological polar surface area (TPSA) is 93.6 Å². The second-order valence-corrected chi connectivity index (χ2v) is 6.32. The molecule has 106 valence electrons. The van der Waals surface area contributed by atoms with Gasteiger partial charge in [-0.05, 0) is 31.2 Å². The number of oxime groups is 1. The molecule has 8 heteroatoms. The fourth-order valence-electron chi connectivity index (χ4n) is 1.40. The first-order valence-electron chi connectivity index (χ1n) is 5.82. The van der Waals surface area contributed by atoms with Crippen LogP contribution in [0.2, 0.25) is 0 Å². The van der Waals surface area contributed by atoms with Crippen LogP contribution in [0.15, 0.2) is 33.8 Å². The van der Waals surface area contributed by atoms with Gasteiger partial charge in [-0.15, -0.1) is 10.2 Å². The third-order valence-electron chi connectivity index (χ3n) is 2.34. The SMILES string of the molecule is Cc1nnc(SCCOc2ccc(/C(N)=N/O)cc2)s1. The zero-order valence-corrected chi connectivity index (χ0v) is 12.4. The Balaban J connectivity index is 1.77. The van der Waals surface area contributed by atoms with E-state index in [0.717, 1.165) is 20.8 Å². The van der Waals surface area contributed by atoms with E-state index in [1.807, 2.05) is 6.92 Å². The quantitative estimate of drug-likeness (QED) is 0.212. The van der Waals surface area contributed by atoms with E-state index in [0.29, 0.717) is 12.2 Å². The number of thioether (sulfide) groups is 1. The van der Waals surface area contributed by atoms with Gasteiger partial charge < -0.3 is 15.7 Å². The lowest BCUT2D eigenvalue weighted by Gasteiger charge is -2.05. The third kappa shape index (κ3) is 4.10. The standard InChI is InChI=1S/C12H14N4O2S2/c1-8-14-15-12(20-8)19-7-6-18-10-4-2-9(3-5-10)11(13)16-17/h2-5,17H,6-7H2,1H3,(H2,13,16). The lowest BCUT2D eigenvalue weighted by molar-refractivity contribution is 0.318. The molecule has 0 aliphatic rings. The summed E-state index contributed by atoms with van der Waals surface area (Å²) in [5.74, 6) is 1.63. The van der Waals surface area contributed by atoms with Crippen LogP contribution in [-0.4, -0.2) is 33.6 Å². The molecule has 0 spiro atoms. The second kappa shape index (κ2) is 7.11. The van der Waals surface area contributed by atoms with Crippen LogP contribution in [0.1, 0.15) is 10.6 Å². The second-order valence-electron chi connectivity index (χ2n) is 3.79. The van der Waals surface area contributed by atoms with E-state index in [-0.39, 0.29) is 5.84 Å². The summed E-state index contributed by atoms with van der Waals surface area (Å²) in [5.41, 5.74) is 6.13. The molecule has 1 heterocycles. The van der Waals surface area contributed by atoms with Crippen molar-refractivity contribution in [2.24, 2.45) is 10.9 Å². The largest absolute Gasteiger partial charge is 0.493 e. The molecular weight excluding hydrogens is 296 g/mol. The lowest BCUT2D eigenvalue weighted by Crippen LogP contribution is -2.12. The molecule has 0 bridgehead atoms. The van der Waals surface area contributed by atoms with Crippen molar-refractivity contribution in [3.05, 3.63) is 34.8 Å². The molecular formula is C12H14N4O2S2. The van der Waals surface area contributed by atoms with Crippen molar-refractivity contribution in [1.29, 1.82) is 0 Å². The van der Waals surface area contributed by atoms with Gasteiger partial charge in [-0.25, -0.2) is 0 Å². The zero-order valence-electron chi connectivity index (χ0n) is 10.8. The average molecular weight is 310 g/mol. The number of aryl methyl sites for hydroxylation is 1. The van der Waals surface area contributed by atoms with Crippen LogP contribution in [0.3, 0.4) is 0 Å². The molecule has 0 saturated carbocycles. The number of hydrogen-bond donors (Lipinski definition) is 2. The molecule has 0 atom stereocenters. The third-order valence-corrected chi connectivity index (χ3v) is 4.28. The van der Waals surface area contributed by atoms with Crippen molar-refractivity contribution >= 4 is 28.9 Å². The number of aromatic nitrogens is 2. The molecule has 0 amide bonds. The highest BCUT2D eigenvalue weighted by Gasteiger charge is 2.02. The van der Waals surface area contributed by atoms with Crippen LogP contribution >= 0.6 is 23.1 Å². The summed E-state index contributed by atoms with van der Waals surface area (Å²) in [6.07, 6.45) is 0. The number of nitrogens with two attached hydrogens (primary N) is 1. The Labute approximate surface area is 124 Å². The summed E-state index contributed by atoms with van der Waals surface area (Å²) in [5, 5.41) is 20.4. The van der Waals surface area contributed by atoms with E-state index in [1.165, 1.54) is 0 Å². The van der Waals surface area contributed by atoms with Gasteiger partial charge in [-0.3, -0.25) is 0 Å². The summed E-state index contributed by atoms with van der Waals surface area (Å²) in [6.45, 7) is 2.51. The normalized spacial score (nSPS) is 11.6. The molecule has 0 aliphatic heterocycles. The van der Waals surface area contributed by atoms with Crippen LogP contribution in [0.5, 0.6) is 5.75 Å². The maximum absolute atomic E-state index is 8.56. The van der Waals surface area contributed by atoms with E-state index >= 15 is 0 Å². The predicted octanol–water partition coefficient (Wildman–Crippen LogP) is 2.11. The van der Waals surface area contributed by atoms with Gasteiger partial charge in [0.1, 0.15) is 10.8 Å². The molecule has 0 saturated heterocycles. The van der Waals surface area contributed by atoms with E-state index in [2.05, 4.69) is 15.4 Å². The van der Waals surface area contributed by atoms with Gasteiger partial charge in [0.05, 0.1) is 6.61 Å². The predicted molar refractivity (Wildman–Crippen MR) is 79.8 cm³/mol. The Kier molecular flexibility index (Phi) is 5.19. The fourth-order valence-corrected chi connectivity index (χ4v) is 3.11. The molecule has 0 radical (unpaired) electrons. The Morgan fingerprint density at radius 3 is 2.75 bits per heavy atom. The summed E-state index contributed by atoms with van der Waals surface area (Å²) in [7, 11) is 0. The van der Waals surface area contributed by atoms with Gasteiger partial charge in [-0.2, -0.15) is 0 Å². The van der Waals surface area contributed by atoms with Gasteiger partial charge in [0, 0.05) is 11.3 Å². The van der Waals surface area contributed by atoms with Crippen molar-refractivity contribution in [2.45, 2.75) is 11.3 Å². The Hall–Kier alpha value is -1.80. The average Bonchev–Trinajstić information content (AvgIpc) is 2.89. The van der Waals surface area contributed by atoms with Crippen LogP contribution in [0.4, 0.5) is 0 Å². The van der Waals surface area contributed by atoms with Crippen molar-refractivity contribution in [3.63, 3.8) is 0 Å². The lowest BCUT2D eigenvalue weighted by atomic mass is 10.2. The van der Waals surface area contributed by atoms with Gasteiger partial charge in [0.2, 0.25) is 0 Å². The highest BCUT2D eigenvalue weighted by atomic mass is 32.2. The van der Waals surface area contributed by atoms with Crippen molar-refractivity contribution in [2.75, 3.05) is 12.4 Å². The molecule has 1 aromatic heterocycles. The maximum Gasteiger partial charge on any atom is 0.174 e. The van der Waals surface area contributed by atoms with Gasteiger partial charge in [0.15, 0.2) is 10.2 Å². The zero-order chi connectivity index (χ0) is 14.4. The van der Waals surface area contributed by atoms with Crippen LogP contribution < -0.4 is 10.5 Å². The molecule has 0 aliphatic carbocycles. The van der Waals surface area contributed by atoms with Crippen molar-refractivity contribution in [3.8, 4) is 5.75 Å². The van der Waals surface area contributed by atoms with E-state index in [4.69, 9.17) is 15.7 Å². The van der Waals surface area contributed by atoms with Crippen LogP contribution in [0.25, 0.3) is 0 Å². The summed E-state index contributed by atoms with van der Waals surface area (Å²) in [6, 6.07) is 7.05. The molecule has 1 aromatic carbocycles. The van der Waals surface area contributed by atoms with E-state index in [1.54, 1.807) is 47.4 Å². The molecule has 2 aromatic rings. The smallest absolute Gasteiger partial charge is 0.174 e. The number of amidine groups is 1. The Bertz CT molecular complexity index is 583. The summed E-state index contributed by atoms with van der Waals surface area (Å²) >= 11 is 3.20. The first-order valence-corrected chi connectivity index (χ1v) is 7.63. The van der Waals surface area contributed by atoms with Crippen LogP contribution in [0, 0.1) is 6.92 Å². The first-order chi connectivity index (χ1) is 9.69. The summed E-state index contributed by atoms with van der Waals surface area (Å²) in [4.78, 5) is 0. The van der Waals surface area contributed by atoms with E-state index < -0.39 is 0 Å². The minimum atomic E-state index is 0.0822. The van der Waals surface area contributed by atoms with Gasteiger partial charge in [-0.1, -0.05) is 28.3 Å². The minimum Gasteiger partial charge on any atom is -0.493 e. The number of benzene rings is 1. The first kappa shape index (κ1) is 14.6. The Morgan fingerprint density at radius 1 is 1.40 bits per heavy atom. The summed E-state index contributed by atoms with van der Waals surface area (Å²) < 4.78 is 6.55. The van der Waals surface area contributed by atoms with Crippen LogP contribution in [-0.2, 0) is 0 Å². The number of hydrogen-bond acceptors (Lipinski definition) is 7. The molecule has 0 fully saturated rings. The number of nitrogens with zero attached hydrogens (tertiary/aromatic N) is 3. The van der Waals surface area contributed by atoms with Gasteiger partial charge >= 0.3 is 0 Å². The molecule has 6 nitrogen and oxygen atoms in total. The highest BCUT2D eigenvalue weighted by Crippen LogP contribution is 2.21. The number of rotatable bonds is 6. The van der Waals surface area contributed by atoms with Crippen molar-refractivity contribution < 1.29 is 9.94 Å². The fraction of sp³-hybridized carbons (Fsp3) is 0.250.